The molecule has 1 saturated heterocycles. The fraction of sp³-hybridized carbons (Fsp3) is 0.400. The van der Waals surface area contributed by atoms with Crippen LogP contribution in [0.15, 0.2) is 30.3 Å². The van der Waals surface area contributed by atoms with Gasteiger partial charge in [-0.1, -0.05) is 29.8 Å². The molecule has 4 heteroatoms. The number of ether oxygens (including phenoxy) is 1. The lowest BCUT2D eigenvalue weighted by molar-refractivity contribution is 0.140. The predicted molar refractivity (Wildman–Crippen MR) is 77.5 cm³/mol. The highest BCUT2D eigenvalue weighted by Gasteiger charge is 2.12. The maximum Gasteiger partial charge on any atom is 0.134 e. The maximum atomic E-state index is 6.29. The molecule has 0 aliphatic carbocycles. The highest BCUT2D eigenvalue weighted by atomic mass is 35.5. The van der Waals surface area contributed by atoms with E-state index < -0.39 is 0 Å². The number of hydrogen-bond acceptors (Lipinski definition) is 3. The third-order valence-corrected chi connectivity index (χ3v) is 3.79. The van der Waals surface area contributed by atoms with E-state index in [1.807, 2.05) is 18.2 Å². The van der Waals surface area contributed by atoms with E-state index in [4.69, 9.17) is 16.3 Å². The van der Waals surface area contributed by atoms with Crippen LogP contribution in [0.3, 0.4) is 0 Å². The molecule has 0 unspecified atom stereocenters. The molecule has 0 spiro atoms. The molecule has 19 heavy (non-hydrogen) atoms. The molecule has 1 aliphatic heterocycles. The standard InChI is InChI=1S/C15H17ClN2O/c16-15-13(11-18-6-3-8-19-9-7-18)10-12-4-1-2-5-14(12)17-15/h1-2,4-5,10H,3,6-9,11H2. The van der Waals surface area contributed by atoms with E-state index in [9.17, 15) is 0 Å². The van der Waals surface area contributed by atoms with Gasteiger partial charge in [-0.15, -0.1) is 0 Å². The Morgan fingerprint density at radius 1 is 1.21 bits per heavy atom. The predicted octanol–water partition coefficient (Wildman–Crippen LogP) is 3.11. The molecule has 0 N–H and O–H groups in total. The Bertz CT molecular complexity index is 565. The molecular formula is C15H17ClN2O. The van der Waals surface area contributed by atoms with E-state index in [1.165, 1.54) is 0 Å². The number of aromatic nitrogens is 1. The van der Waals surface area contributed by atoms with Gasteiger partial charge in [0.2, 0.25) is 0 Å². The summed E-state index contributed by atoms with van der Waals surface area (Å²) < 4.78 is 5.47. The van der Waals surface area contributed by atoms with Gasteiger partial charge in [-0.2, -0.15) is 0 Å². The third kappa shape index (κ3) is 3.06. The first-order valence-electron chi connectivity index (χ1n) is 6.67. The van der Waals surface area contributed by atoms with Crippen molar-refractivity contribution in [3.8, 4) is 0 Å². The van der Waals surface area contributed by atoms with Gasteiger partial charge in [-0.25, -0.2) is 4.98 Å². The minimum Gasteiger partial charge on any atom is -0.380 e. The van der Waals surface area contributed by atoms with Crippen molar-refractivity contribution in [2.45, 2.75) is 13.0 Å². The lowest BCUT2D eigenvalue weighted by Crippen LogP contribution is -2.26. The summed E-state index contributed by atoms with van der Waals surface area (Å²) >= 11 is 6.29. The zero-order valence-electron chi connectivity index (χ0n) is 10.8. The Labute approximate surface area is 118 Å². The quantitative estimate of drug-likeness (QED) is 0.788. The third-order valence-electron chi connectivity index (χ3n) is 3.46. The first-order chi connectivity index (χ1) is 9.33. The van der Waals surface area contributed by atoms with E-state index >= 15 is 0 Å². The van der Waals surface area contributed by atoms with Gasteiger partial charge >= 0.3 is 0 Å². The molecule has 2 heterocycles. The minimum atomic E-state index is 0.615. The van der Waals surface area contributed by atoms with Crippen molar-refractivity contribution in [1.29, 1.82) is 0 Å². The largest absolute Gasteiger partial charge is 0.380 e. The van der Waals surface area contributed by atoms with E-state index in [1.54, 1.807) is 0 Å². The number of rotatable bonds is 2. The molecule has 100 valence electrons. The lowest BCUT2D eigenvalue weighted by atomic mass is 10.1. The summed E-state index contributed by atoms with van der Waals surface area (Å²) in [5.41, 5.74) is 2.05. The molecule has 1 aliphatic rings. The normalized spacial score (nSPS) is 17.5. The molecule has 0 saturated carbocycles. The van der Waals surface area contributed by atoms with Gasteiger partial charge in [0.25, 0.3) is 0 Å². The van der Waals surface area contributed by atoms with Gasteiger partial charge in [-0.3, -0.25) is 4.90 Å². The second-order valence-corrected chi connectivity index (χ2v) is 5.23. The molecule has 0 atom stereocenters. The number of halogens is 1. The number of pyridine rings is 1. The SMILES string of the molecule is Clc1nc2ccccc2cc1CN1CCCOCC1. The fourth-order valence-electron chi connectivity index (χ4n) is 2.44. The van der Waals surface area contributed by atoms with Gasteiger partial charge in [0, 0.05) is 37.2 Å². The van der Waals surface area contributed by atoms with E-state index in [0.717, 1.165) is 55.7 Å². The second kappa shape index (κ2) is 5.87. The van der Waals surface area contributed by atoms with Crippen LogP contribution in [-0.4, -0.2) is 36.2 Å². The molecule has 2 aromatic rings. The van der Waals surface area contributed by atoms with E-state index in [0.29, 0.717) is 5.15 Å². The van der Waals surface area contributed by atoms with Crippen LogP contribution in [0.25, 0.3) is 10.9 Å². The van der Waals surface area contributed by atoms with Crippen molar-refractivity contribution in [3.05, 3.63) is 41.0 Å². The van der Waals surface area contributed by atoms with Crippen LogP contribution in [0.4, 0.5) is 0 Å². The summed E-state index contributed by atoms with van der Waals surface area (Å²) in [6.07, 6.45) is 1.08. The highest BCUT2D eigenvalue weighted by molar-refractivity contribution is 6.30. The lowest BCUT2D eigenvalue weighted by Gasteiger charge is -2.19. The van der Waals surface area contributed by atoms with Crippen molar-refractivity contribution < 1.29 is 4.74 Å². The minimum absolute atomic E-state index is 0.615. The average molecular weight is 277 g/mol. The summed E-state index contributed by atoms with van der Waals surface area (Å²) in [5.74, 6) is 0. The highest BCUT2D eigenvalue weighted by Crippen LogP contribution is 2.22. The molecular weight excluding hydrogens is 260 g/mol. The summed E-state index contributed by atoms with van der Waals surface area (Å²) in [5, 5.41) is 1.76. The summed E-state index contributed by atoms with van der Waals surface area (Å²) in [6.45, 7) is 4.53. The van der Waals surface area contributed by atoms with Crippen LogP contribution in [-0.2, 0) is 11.3 Å². The van der Waals surface area contributed by atoms with Gasteiger partial charge in [0.15, 0.2) is 0 Å². The number of para-hydroxylation sites is 1. The molecule has 0 bridgehead atoms. The number of fused-ring (bicyclic) bond motifs is 1. The Morgan fingerprint density at radius 2 is 2.11 bits per heavy atom. The first-order valence-corrected chi connectivity index (χ1v) is 7.05. The van der Waals surface area contributed by atoms with E-state index in [2.05, 4.69) is 22.0 Å². The van der Waals surface area contributed by atoms with Crippen molar-refractivity contribution >= 4 is 22.5 Å². The molecule has 0 amide bonds. The van der Waals surface area contributed by atoms with Gasteiger partial charge in [-0.05, 0) is 18.6 Å². The van der Waals surface area contributed by atoms with Crippen LogP contribution in [0, 0.1) is 0 Å². The molecule has 3 nitrogen and oxygen atoms in total. The Morgan fingerprint density at radius 3 is 3.05 bits per heavy atom. The van der Waals surface area contributed by atoms with Crippen LogP contribution in [0.5, 0.6) is 0 Å². The van der Waals surface area contributed by atoms with Crippen LogP contribution in [0.1, 0.15) is 12.0 Å². The molecule has 3 rings (SSSR count). The summed E-state index contributed by atoms with van der Waals surface area (Å²) in [7, 11) is 0. The Kier molecular flexibility index (Phi) is 3.97. The topological polar surface area (TPSA) is 25.4 Å². The number of hydrogen-bond donors (Lipinski definition) is 0. The van der Waals surface area contributed by atoms with Crippen molar-refractivity contribution in [2.24, 2.45) is 0 Å². The Balaban J connectivity index is 1.85. The smallest absolute Gasteiger partial charge is 0.134 e. The number of benzene rings is 1. The van der Waals surface area contributed by atoms with Gasteiger partial charge in [0.05, 0.1) is 12.1 Å². The molecule has 1 fully saturated rings. The Hall–Kier alpha value is -1.16. The second-order valence-electron chi connectivity index (χ2n) is 4.87. The van der Waals surface area contributed by atoms with Crippen LogP contribution >= 0.6 is 11.6 Å². The molecule has 1 aromatic heterocycles. The fourth-order valence-corrected chi connectivity index (χ4v) is 2.65. The van der Waals surface area contributed by atoms with Gasteiger partial charge in [0.1, 0.15) is 5.15 Å². The monoisotopic (exact) mass is 276 g/mol. The van der Waals surface area contributed by atoms with Crippen LogP contribution < -0.4 is 0 Å². The van der Waals surface area contributed by atoms with Crippen LogP contribution in [0.2, 0.25) is 5.15 Å². The zero-order valence-corrected chi connectivity index (χ0v) is 11.6. The zero-order chi connectivity index (χ0) is 13.1. The molecule has 0 radical (unpaired) electrons. The van der Waals surface area contributed by atoms with E-state index in [-0.39, 0.29) is 0 Å². The number of nitrogens with zero attached hydrogens (tertiary/aromatic N) is 2. The van der Waals surface area contributed by atoms with Gasteiger partial charge < -0.3 is 4.74 Å². The van der Waals surface area contributed by atoms with Crippen molar-refractivity contribution in [1.82, 2.24) is 9.88 Å². The molecule has 1 aromatic carbocycles. The maximum absolute atomic E-state index is 6.29. The average Bonchev–Trinajstić information content (AvgIpc) is 2.68. The summed E-state index contributed by atoms with van der Waals surface area (Å²) in [4.78, 5) is 6.85. The first kappa shape index (κ1) is 12.9. The van der Waals surface area contributed by atoms with Crippen molar-refractivity contribution in [2.75, 3.05) is 26.3 Å². The summed E-state index contributed by atoms with van der Waals surface area (Å²) in [6, 6.07) is 10.2. The van der Waals surface area contributed by atoms with Crippen molar-refractivity contribution in [3.63, 3.8) is 0 Å².